The molecular weight excluding hydrogens is 1380 g/mol. The summed E-state index contributed by atoms with van der Waals surface area (Å²) < 4.78 is 68.8. The Hall–Kier alpha value is -1.94. The van der Waals surface area contributed by atoms with Gasteiger partial charge in [0.05, 0.1) is 26.4 Å². The lowest BCUT2D eigenvalue weighted by atomic mass is 10.0. The summed E-state index contributed by atoms with van der Waals surface area (Å²) in [6.45, 7) is 5.02. The highest BCUT2D eigenvalue weighted by atomic mass is 31.2. The Morgan fingerprint density at radius 3 is 0.557 bits per heavy atom. The van der Waals surface area contributed by atoms with Crippen LogP contribution in [0.25, 0.3) is 0 Å². The number of unbranched alkanes of at least 4 members (excludes halogenated alkanes) is 62. The normalized spacial score (nSPS) is 13.7. The van der Waals surface area contributed by atoms with Crippen LogP contribution in [0.4, 0.5) is 0 Å². The highest BCUT2D eigenvalue weighted by Crippen LogP contribution is 2.45. The predicted molar refractivity (Wildman–Crippen MR) is 437 cm³/mol. The molecule has 0 radical (unpaired) electrons. The van der Waals surface area contributed by atoms with Crippen LogP contribution in [0, 0.1) is 0 Å². The average molecular weight is 1550 g/mol. The number of carbonyl (C=O) groups excluding carboxylic acids is 4. The van der Waals surface area contributed by atoms with E-state index in [4.69, 9.17) is 37.0 Å². The second-order valence-corrected chi connectivity index (χ2v) is 34.2. The lowest BCUT2D eigenvalue weighted by Gasteiger charge is -2.21. The van der Waals surface area contributed by atoms with E-state index in [1.54, 1.807) is 0 Å². The SMILES string of the molecule is CCCCCCCCCCCCCCCCCCCCCCC(=O)OC[C@H](COP(=O)(O)OC[C@@H](O)COP(=O)(O)OC[C@@H](COC(=O)CCCCCCCCC)OC(=O)CCCCCCCCCCCCCCCCCCCCC)OC(=O)CCCCCCCCCCCCCCCCCCCCCC. The minimum atomic E-state index is -4.96. The molecule has 0 aliphatic heterocycles. The number of hydrogen-bond acceptors (Lipinski definition) is 15. The van der Waals surface area contributed by atoms with E-state index in [9.17, 15) is 43.2 Å². The second-order valence-electron chi connectivity index (χ2n) is 31.3. The first-order valence-corrected chi connectivity index (χ1v) is 48.3. The lowest BCUT2D eigenvalue weighted by molar-refractivity contribution is -0.161. The van der Waals surface area contributed by atoms with Gasteiger partial charge in [0.2, 0.25) is 0 Å². The van der Waals surface area contributed by atoms with Crippen molar-refractivity contribution < 1.29 is 80.2 Å². The van der Waals surface area contributed by atoms with E-state index >= 15 is 0 Å². The molecule has 0 aromatic carbocycles. The van der Waals surface area contributed by atoms with Gasteiger partial charge in [0.25, 0.3) is 0 Å². The van der Waals surface area contributed by atoms with Crippen molar-refractivity contribution in [3.63, 3.8) is 0 Å². The Balaban J connectivity index is 5.15. The van der Waals surface area contributed by atoms with Crippen molar-refractivity contribution in [3.8, 4) is 0 Å². The van der Waals surface area contributed by atoms with Gasteiger partial charge in [0.1, 0.15) is 19.3 Å². The van der Waals surface area contributed by atoms with E-state index in [2.05, 4.69) is 27.7 Å². The zero-order valence-electron chi connectivity index (χ0n) is 69.4. The van der Waals surface area contributed by atoms with Crippen molar-refractivity contribution in [1.82, 2.24) is 0 Å². The Kier molecular flexibility index (Phi) is 79.6. The topological polar surface area (TPSA) is 237 Å². The van der Waals surface area contributed by atoms with Crippen molar-refractivity contribution in [2.24, 2.45) is 0 Å². The fourth-order valence-corrected chi connectivity index (χ4v) is 15.3. The fourth-order valence-electron chi connectivity index (χ4n) is 13.7. The summed E-state index contributed by atoms with van der Waals surface area (Å²) in [4.78, 5) is 73.1. The van der Waals surface area contributed by atoms with Gasteiger partial charge in [-0.15, -0.1) is 0 Å². The first-order chi connectivity index (χ1) is 51.7. The predicted octanol–water partition coefficient (Wildman–Crippen LogP) is 26.9. The molecule has 0 saturated heterocycles. The molecule has 2 unspecified atom stereocenters. The molecule has 0 bridgehead atoms. The molecule has 0 amide bonds. The van der Waals surface area contributed by atoms with Gasteiger partial charge in [-0.1, -0.05) is 426 Å². The monoisotopic (exact) mass is 1550 g/mol. The zero-order chi connectivity index (χ0) is 77.4. The molecule has 106 heavy (non-hydrogen) atoms. The van der Waals surface area contributed by atoms with E-state index in [0.717, 1.165) is 103 Å². The second kappa shape index (κ2) is 81.1. The van der Waals surface area contributed by atoms with Gasteiger partial charge in [0, 0.05) is 25.7 Å². The van der Waals surface area contributed by atoms with E-state index in [1.165, 1.54) is 295 Å². The van der Waals surface area contributed by atoms with Crippen LogP contribution >= 0.6 is 15.6 Å². The molecule has 0 aromatic heterocycles. The van der Waals surface area contributed by atoms with Crippen LogP contribution in [0.2, 0.25) is 0 Å². The maximum Gasteiger partial charge on any atom is 0.472 e. The van der Waals surface area contributed by atoms with E-state index in [0.29, 0.717) is 25.7 Å². The molecule has 630 valence electrons. The Morgan fingerprint density at radius 2 is 0.377 bits per heavy atom. The summed E-state index contributed by atoms with van der Waals surface area (Å²) in [5.74, 6) is -2.10. The summed E-state index contributed by atoms with van der Waals surface area (Å²) in [6, 6.07) is 0. The molecule has 0 aliphatic carbocycles. The molecule has 3 N–H and O–H groups in total. The van der Waals surface area contributed by atoms with Crippen molar-refractivity contribution >= 4 is 39.5 Å². The number of hydrogen-bond donors (Lipinski definition) is 3. The minimum absolute atomic E-state index is 0.109. The molecule has 0 saturated carbocycles. The molecule has 0 rings (SSSR count). The number of carbonyl (C=O) groups is 4. The standard InChI is InChI=1S/C87H170O17P2/c1-5-9-13-17-21-24-27-30-33-36-39-42-44-47-50-53-56-60-64-68-72-85(90)98-78-83(104-87(92)74-70-66-62-58-55-52-49-46-43-40-37-34-31-28-25-22-18-14-10-6-2)80-102-106(95,96)100-76-81(88)75-99-105(93,94)101-79-82(77-97-84(89)71-67-63-59-20-16-12-8-4)103-86(91)73-69-65-61-57-54-51-48-45-41-38-35-32-29-26-23-19-15-11-7-3/h81-83,88H,5-80H2,1-4H3,(H,93,94)(H,95,96)/t81-,82+,83+/m0/s1. The van der Waals surface area contributed by atoms with E-state index in [-0.39, 0.29) is 25.7 Å². The summed E-state index contributed by atoms with van der Waals surface area (Å²) >= 11 is 0. The van der Waals surface area contributed by atoms with Gasteiger partial charge < -0.3 is 33.8 Å². The third-order valence-electron chi connectivity index (χ3n) is 20.6. The number of phosphoric acid groups is 2. The molecule has 0 fully saturated rings. The maximum atomic E-state index is 13.1. The molecule has 0 aliphatic rings. The zero-order valence-corrected chi connectivity index (χ0v) is 71.2. The fraction of sp³-hybridized carbons (Fsp3) is 0.954. The van der Waals surface area contributed by atoms with Crippen LogP contribution < -0.4 is 0 Å². The van der Waals surface area contributed by atoms with Gasteiger partial charge >= 0.3 is 39.5 Å². The number of esters is 4. The van der Waals surface area contributed by atoms with Gasteiger partial charge in [-0.25, -0.2) is 9.13 Å². The summed E-state index contributed by atoms with van der Waals surface area (Å²) in [5.41, 5.74) is 0. The minimum Gasteiger partial charge on any atom is -0.462 e. The lowest BCUT2D eigenvalue weighted by Crippen LogP contribution is -2.30. The number of phosphoric ester groups is 2. The number of rotatable bonds is 88. The first-order valence-electron chi connectivity index (χ1n) is 45.3. The molecule has 0 aromatic rings. The highest BCUT2D eigenvalue weighted by Gasteiger charge is 2.30. The maximum absolute atomic E-state index is 13.1. The van der Waals surface area contributed by atoms with Crippen LogP contribution in [0.15, 0.2) is 0 Å². The summed E-state index contributed by atoms with van der Waals surface area (Å²) in [6.07, 6.45) is 76.7. The van der Waals surface area contributed by atoms with Gasteiger partial charge in [-0.05, 0) is 25.7 Å². The number of aliphatic hydroxyl groups excluding tert-OH is 1. The van der Waals surface area contributed by atoms with Crippen molar-refractivity contribution in [3.05, 3.63) is 0 Å². The molecular formula is C87H170O17P2. The summed E-state index contributed by atoms with van der Waals surface area (Å²) in [7, 11) is -9.92. The van der Waals surface area contributed by atoms with Crippen LogP contribution in [-0.2, 0) is 65.4 Å². The highest BCUT2D eigenvalue weighted by molar-refractivity contribution is 7.47. The van der Waals surface area contributed by atoms with Crippen molar-refractivity contribution in [2.45, 2.75) is 495 Å². The van der Waals surface area contributed by atoms with Crippen LogP contribution in [-0.4, -0.2) is 96.7 Å². The smallest absolute Gasteiger partial charge is 0.462 e. The molecule has 19 heteroatoms. The van der Waals surface area contributed by atoms with Crippen molar-refractivity contribution in [1.29, 1.82) is 0 Å². The molecule has 5 atom stereocenters. The van der Waals surface area contributed by atoms with Crippen molar-refractivity contribution in [2.75, 3.05) is 39.6 Å². The number of aliphatic hydroxyl groups is 1. The van der Waals surface area contributed by atoms with Gasteiger partial charge in [0.15, 0.2) is 12.2 Å². The molecule has 0 heterocycles. The third-order valence-corrected chi connectivity index (χ3v) is 22.5. The van der Waals surface area contributed by atoms with Crippen LogP contribution in [0.5, 0.6) is 0 Å². The van der Waals surface area contributed by atoms with Crippen LogP contribution in [0.3, 0.4) is 0 Å². The quantitative estimate of drug-likeness (QED) is 0.0222. The van der Waals surface area contributed by atoms with Gasteiger partial charge in [-0.2, -0.15) is 0 Å². The Morgan fingerprint density at radius 1 is 0.226 bits per heavy atom. The molecule has 0 spiro atoms. The first kappa shape index (κ1) is 104. The van der Waals surface area contributed by atoms with E-state index in [1.807, 2.05) is 0 Å². The third kappa shape index (κ3) is 80.1. The van der Waals surface area contributed by atoms with E-state index < -0.39 is 97.5 Å². The number of ether oxygens (including phenoxy) is 4. The van der Waals surface area contributed by atoms with Gasteiger partial charge in [-0.3, -0.25) is 37.3 Å². The Bertz CT molecular complexity index is 2000. The summed E-state index contributed by atoms with van der Waals surface area (Å²) in [5, 5.41) is 10.7. The Labute approximate surface area is 651 Å². The largest absolute Gasteiger partial charge is 0.472 e. The van der Waals surface area contributed by atoms with Crippen LogP contribution in [0.1, 0.15) is 477 Å². The molecule has 17 nitrogen and oxygen atoms in total. The average Bonchev–Trinajstić information content (AvgIpc) is 0.978.